The Morgan fingerprint density at radius 1 is 1.08 bits per heavy atom. The molecule has 2 aliphatic rings. The van der Waals surface area contributed by atoms with Crippen molar-refractivity contribution in [3.8, 4) is 16.9 Å². The summed E-state index contributed by atoms with van der Waals surface area (Å²) in [5.41, 5.74) is 4.76. The van der Waals surface area contributed by atoms with E-state index in [9.17, 15) is 8.78 Å². The first-order chi connectivity index (χ1) is 11.3. The van der Waals surface area contributed by atoms with Gasteiger partial charge in [-0.05, 0) is 44.0 Å². The standard InChI is InChI=1S/C20H17F2NO/c1-10-9-20(3,4)23-16-6-5-13-14-7-12(21)8-15(22)19(14)24-11(2)18(13)17(10)16/h5-9,23H,2H2,1,3-4H3. The molecule has 0 unspecified atom stereocenters. The number of halogens is 2. The van der Waals surface area contributed by atoms with Gasteiger partial charge in [0.2, 0.25) is 0 Å². The normalized spacial score (nSPS) is 17.0. The molecule has 0 radical (unpaired) electrons. The van der Waals surface area contributed by atoms with Crippen LogP contribution in [0, 0.1) is 11.6 Å². The van der Waals surface area contributed by atoms with Crippen LogP contribution in [0.2, 0.25) is 0 Å². The van der Waals surface area contributed by atoms with E-state index in [1.165, 1.54) is 6.07 Å². The number of hydrogen-bond donors (Lipinski definition) is 1. The molecule has 0 fully saturated rings. The molecule has 0 saturated carbocycles. The van der Waals surface area contributed by atoms with Crippen molar-refractivity contribution in [2.45, 2.75) is 26.3 Å². The molecule has 4 heteroatoms. The van der Waals surface area contributed by atoms with E-state index in [1.54, 1.807) is 0 Å². The molecule has 2 nitrogen and oxygen atoms in total. The molecule has 0 bridgehead atoms. The summed E-state index contributed by atoms with van der Waals surface area (Å²) in [6.45, 7) is 10.2. The molecule has 0 aromatic heterocycles. The third-order valence-corrected chi connectivity index (χ3v) is 4.44. The van der Waals surface area contributed by atoms with Crippen LogP contribution in [0.15, 0.2) is 36.9 Å². The van der Waals surface area contributed by atoms with E-state index in [0.717, 1.165) is 34.0 Å². The van der Waals surface area contributed by atoms with Gasteiger partial charge in [0.05, 0.1) is 5.54 Å². The number of fused-ring (bicyclic) bond motifs is 5. The Labute approximate surface area is 139 Å². The second kappa shape index (κ2) is 4.69. The first-order valence-corrected chi connectivity index (χ1v) is 7.78. The van der Waals surface area contributed by atoms with Crippen LogP contribution in [0.4, 0.5) is 14.5 Å². The molecule has 24 heavy (non-hydrogen) atoms. The maximum Gasteiger partial charge on any atom is 0.171 e. The lowest BCUT2D eigenvalue weighted by Gasteiger charge is -2.34. The predicted octanol–water partition coefficient (Wildman–Crippen LogP) is 5.60. The smallest absolute Gasteiger partial charge is 0.171 e. The van der Waals surface area contributed by atoms with Gasteiger partial charge >= 0.3 is 0 Å². The van der Waals surface area contributed by atoms with E-state index in [0.29, 0.717) is 11.3 Å². The van der Waals surface area contributed by atoms with Crippen molar-refractivity contribution in [1.29, 1.82) is 0 Å². The minimum absolute atomic E-state index is 0.0274. The Bertz CT molecular complexity index is 941. The minimum atomic E-state index is -0.721. The molecule has 0 saturated heterocycles. The number of benzene rings is 2. The molecule has 0 aliphatic carbocycles. The summed E-state index contributed by atoms with van der Waals surface area (Å²) in [5, 5.41) is 3.46. The van der Waals surface area contributed by atoms with Gasteiger partial charge < -0.3 is 10.1 Å². The van der Waals surface area contributed by atoms with Crippen molar-refractivity contribution in [2.24, 2.45) is 0 Å². The minimum Gasteiger partial charge on any atom is -0.454 e. The number of rotatable bonds is 0. The monoisotopic (exact) mass is 325 g/mol. The first-order valence-electron chi connectivity index (χ1n) is 7.78. The van der Waals surface area contributed by atoms with Crippen LogP contribution in [-0.4, -0.2) is 5.54 Å². The fraction of sp³-hybridized carbons (Fsp3) is 0.200. The zero-order chi connectivity index (χ0) is 17.2. The summed E-state index contributed by atoms with van der Waals surface area (Å²) in [6, 6.07) is 5.93. The lowest BCUT2D eigenvalue weighted by Crippen LogP contribution is -2.32. The predicted molar refractivity (Wildman–Crippen MR) is 92.8 cm³/mol. The molecule has 0 spiro atoms. The van der Waals surface area contributed by atoms with Crippen LogP contribution < -0.4 is 10.1 Å². The van der Waals surface area contributed by atoms with Crippen molar-refractivity contribution >= 4 is 17.0 Å². The maximum atomic E-state index is 14.1. The molecule has 2 aromatic carbocycles. The van der Waals surface area contributed by atoms with E-state index >= 15 is 0 Å². The first kappa shape index (κ1) is 14.9. The zero-order valence-corrected chi connectivity index (χ0v) is 13.8. The van der Waals surface area contributed by atoms with Crippen molar-refractivity contribution in [1.82, 2.24) is 0 Å². The van der Waals surface area contributed by atoms with Gasteiger partial charge in [-0.3, -0.25) is 0 Å². The average Bonchev–Trinajstić information content (AvgIpc) is 2.46. The van der Waals surface area contributed by atoms with Crippen LogP contribution in [-0.2, 0) is 0 Å². The zero-order valence-electron chi connectivity index (χ0n) is 13.8. The SMILES string of the molecule is C=C1Oc2c(F)cc(F)cc2-c2ccc3c(c21)C(C)=CC(C)(C)N3. The fourth-order valence-electron chi connectivity index (χ4n) is 3.67. The molecule has 0 atom stereocenters. The summed E-state index contributed by atoms with van der Waals surface area (Å²) in [5.74, 6) is -0.952. The van der Waals surface area contributed by atoms with Gasteiger partial charge in [-0.2, -0.15) is 0 Å². The highest BCUT2D eigenvalue weighted by molar-refractivity contribution is 5.97. The van der Waals surface area contributed by atoms with Gasteiger partial charge in [0.1, 0.15) is 11.6 Å². The van der Waals surface area contributed by atoms with Crippen LogP contribution in [0.1, 0.15) is 31.9 Å². The van der Waals surface area contributed by atoms with E-state index in [4.69, 9.17) is 4.74 Å². The van der Waals surface area contributed by atoms with Gasteiger partial charge in [0.15, 0.2) is 11.6 Å². The Hall–Kier alpha value is -2.62. The van der Waals surface area contributed by atoms with E-state index in [1.807, 2.05) is 19.1 Å². The van der Waals surface area contributed by atoms with E-state index in [2.05, 4.69) is 31.8 Å². The molecular formula is C20H17F2NO. The Balaban J connectivity index is 2.04. The highest BCUT2D eigenvalue weighted by Crippen LogP contribution is 2.49. The van der Waals surface area contributed by atoms with E-state index < -0.39 is 11.6 Å². The van der Waals surface area contributed by atoms with Crippen molar-refractivity contribution < 1.29 is 13.5 Å². The molecule has 4 rings (SSSR count). The third kappa shape index (κ3) is 2.06. The molecule has 2 aliphatic heterocycles. The van der Waals surface area contributed by atoms with Crippen molar-refractivity contribution in [3.05, 3.63) is 59.7 Å². The van der Waals surface area contributed by atoms with Gasteiger partial charge in [-0.15, -0.1) is 0 Å². The number of anilines is 1. The van der Waals surface area contributed by atoms with Crippen LogP contribution in [0.5, 0.6) is 5.75 Å². The molecule has 0 amide bonds. The Kier molecular flexibility index (Phi) is 2.92. The van der Waals surface area contributed by atoms with Crippen LogP contribution in [0.25, 0.3) is 22.5 Å². The molecule has 2 heterocycles. The maximum absolute atomic E-state index is 14.1. The van der Waals surface area contributed by atoms with Gasteiger partial charge in [0, 0.05) is 28.4 Å². The number of ether oxygens (including phenoxy) is 1. The van der Waals surface area contributed by atoms with Crippen LogP contribution in [0.3, 0.4) is 0 Å². The number of nitrogens with one attached hydrogen (secondary N) is 1. The second-order valence-corrected chi connectivity index (χ2v) is 6.87. The summed E-state index contributed by atoms with van der Waals surface area (Å²) < 4.78 is 33.4. The van der Waals surface area contributed by atoms with Crippen molar-refractivity contribution in [3.63, 3.8) is 0 Å². The largest absolute Gasteiger partial charge is 0.454 e. The average molecular weight is 325 g/mol. The quantitative estimate of drug-likeness (QED) is 0.680. The fourth-order valence-corrected chi connectivity index (χ4v) is 3.67. The summed E-state index contributed by atoms with van der Waals surface area (Å²) in [6.07, 6.45) is 2.13. The molecule has 122 valence electrons. The van der Waals surface area contributed by atoms with Crippen LogP contribution >= 0.6 is 0 Å². The van der Waals surface area contributed by atoms with Gasteiger partial charge in [0.25, 0.3) is 0 Å². The number of allylic oxidation sites excluding steroid dienone is 1. The lowest BCUT2D eigenvalue weighted by atomic mass is 9.83. The van der Waals surface area contributed by atoms with Gasteiger partial charge in [-0.25, -0.2) is 8.78 Å². The summed E-state index contributed by atoms with van der Waals surface area (Å²) >= 11 is 0. The molecule has 1 N–H and O–H groups in total. The Morgan fingerprint density at radius 3 is 2.58 bits per heavy atom. The van der Waals surface area contributed by atoms with E-state index in [-0.39, 0.29) is 11.3 Å². The lowest BCUT2D eigenvalue weighted by molar-refractivity contribution is 0.459. The third-order valence-electron chi connectivity index (χ3n) is 4.44. The summed E-state index contributed by atoms with van der Waals surface area (Å²) in [7, 11) is 0. The Morgan fingerprint density at radius 2 is 1.83 bits per heavy atom. The van der Waals surface area contributed by atoms with Crippen molar-refractivity contribution in [2.75, 3.05) is 5.32 Å². The second-order valence-electron chi connectivity index (χ2n) is 6.87. The van der Waals surface area contributed by atoms with Gasteiger partial charge in [-0.1, -0.05) is 18.7 Å². The molecule has 2 aromatic rings. The molecular weight excluding hydrogens is 308 g/mol. The highest BCUT2D eigenvalue weighted by Gasteiger charge is 2.31. The topological polar surface area (TPSA) is 21.3 Å². The summed E-state index contributed by atoms with van der Waals surface area (Å²) in [4.78, 5) is 0. The number of hydrogen-bond acceptors (Lipinski definition) is 2. The highest BCUT2D eigenvalue weighted by atomic mass is 19.1.